The van der Waals surface area contributed by atoms with Gasteiger partial charge in [-0.3, -0.25) is 9.59 Å². The summed E-state index contributed by atoms with van der Waals surface area (Å²) >= 11 is 4.57. The van der Waals surface area contributed by atoms with Crippen molar-refractivity contribution in [1.82, 2.24) is 10.6 Å². The third-order valence-corrected chi connectivity index (χ3v) is 3.73. The molecule has 0 radical (unpaired) electrons. The molecule has 2 atom stereocenters. The van der Waals surface area contributed by atoms with Gasteiger partial charge in [-0.15, -0.1) is 11.3 Å². The number of rotatable bonds is 5. The van der Waals surface area contributed by atoms with Crippen molar-refractivity contribution in [2.75, 3.05) is 6.54 Å². The van der Waals surface area contributed by atoms with E-state index < -0.39 is 12.1 Å². The number of hydrogen-bond acceptors (Lipinski definition) is 4. The van der Waals surface area contributed by atoms with E-state index in [1.54, 1.807) is 26.0 Å². The summed E-state index contributed by atoms with van der Waals surface area (Å²) in [4.78, 5) is 23.9. The van der Waals surface area contributed by atoms with Gasteiger partial charge in [0.05, 0.1) is 14.8 Å². The Kier molecular flexibility index (Phi) is 5.77. The molecule has 0 bridgehead atoms. The highest BCUT2D eigenvalue weighted by molar-refractivity contribution is 9.11. The zero-order valence-corrected chi connectivity index (χ0v) is 12.5. The number of carbonyl (C=O) groups excluding carboxylic acids is 2. The van der Waals surface area contributed by atoms with Gasteiger partial charge in [0, 0.05) is 6.54 Å². The van der Waals surface area contributed by atoms with E-state index in [9.17, 15) is 9.59 Å². The van der Waals surface area contributed by atoms with Crippen molar-refractivity contribution in [3.05, 3.63) is 20.8 Å². The van der Waals surface area contributed by atoms with Crippen molar-refractivity contribution in [2.24, 2.45) is 0 Å². The van der Waals surface area contributed by atoms with Gasteiger partial charge in [-0.1, -0.05) is 0 Å². The minimum Gasteiger partial charge on any atom is -0.392 e. The molecular weight excluding hydrogens is 320 g/mol. The fourth-order valence-corrected chi connectivity index (χ4v) is 2.46. The van der Waals surface area contributed by atoms with E-state index in [-0.39, 0.29) is 18.4 Å². The Balaban J connectivity index is 2.46. The van der Waals surface area contributed by atoms with Crippen molar-refractivity contribution in [3.8, 4) is 0 Å². The van der Waals surface area contributed by atoms with Gasteiger partial charge in [0.1, 0.15) is 6.04 Å². The standard InChI is InChI=1S/C11H15BrN2O3S/c1-6(15)5-13-10(16)7(2)14-11(17)8-3-4-9(12)18-8/h3-4,6-7,15H,5H2,1-2H3,(H,13,16)(H,14,17)/t6-,7+/m1/s1. The number of nitrogens with one attached hydrogen (secondary N) is 2. The summed E-state index contributed by atoms with van der Waals surface area (Å²) in [7, 11) is 0. The molecule has 0 aliphatic heterocycles. The average Bonchev–Trinajstić information content (AvgIpc) is 2.72. The quantitative estimate of drug-likeness (QED) is 0.755. The summed E-state index contributed by atoms with van der Waals surface area (Å²) < 4.78 is 0.860. The second-order valence-corrected chi connectivity index (χ2v) is 6.36. The summed E-state index contributed by atoms with van der Waals surface area (Å²) in [5, 5.41) is 14.2. The highest BCUT2D eigenvalue weighted by Crippen LogP contribution is 2.21. The predicted octanol–water partition coefficient (Wildman–Crippen LogP) is 1.13. The maximum atomic E-state index is 11.8. The molecule has 1 heterocycles. The number of aliphatic hydroxyl groups excluding tert-OH is 1. The van der Waals surface area contributed by atoms with Gasteiger partial charge < -0.3 is 15.7 Å². The monoisotopic (exact) mass is 334 g/mol. The largest absolute Gasteiger partial charge is 0.392 e. The summed E-state index contributed by atoms with van der Waals surface area (Å²) in [6.07, 6.45) is -0.606. The summed E-state index contributed by atoms with van der Waals surface area (Å²) in [5.74, 6) is -0.606. The van der Waals surface area contributed by atoms with Crippen molar-refractivity contribution in [3.63, 3.8) is 0 Å². The van der Waals surface area contributed by atoms with Crippen LogP contribution in [0.5, 0.6) is 0 Å². The molecule has 1 aromatic rings. The lowest BCUT2D eigenvalue weighted by molar-refractivity contribution is -0.123. The molecule has 1 aromatic heterocycles. The van der Waals surface area contributed by atoms with E-state index >= 15 is 0 Å². The van der Waals surface area contributed by atoms with Crippen molar-refractivity contribution < 1.29 is 14.7 Å². The van der Waals surface area contributed by atoms with Crippen LogP contribution in [0.4, 0.5) is 0 Å². The molecule has 5 nitrogen and oxygen atoms in total. The highest BCUT2D eigenvalue weighted by Gasteiger charge is 2.17. The van der Waals surface area contributed by atoms with Crippen molar-refractivity contribution in [1.29, 1.82) is 0 Å². The second kappa shape index (κ2) is 6.86. The first-order chi connectivity index (χ1) is 8.40. The zero-order valence-electron chi connectivity index (χ0n) is 10.1. The Hall–Kier alpha value is -0.920. The van der Waals surface area contributed by atoms with Gasteiger partial charge in [0.25, 0.3) is 5.91 Å². The molecule has 0 aromatic carbocycles. The number of aliphatic hydroxyl groups is 1. The number of thiophene rings is 1. The van der Waals surface area contributed by atoms with Gasteiger partial charge >= 0.3 is 0 Å². The second-order valence-electron chi connectivity index (χ2n) is 3.89. The fourth-order valence-electron chi connectivity index (χ4n) is 1.17. The summed E-state index contributed by atoms with van der Waals surface area (Å²) in [6.45, 7) is 3.34. The Labute approximate surface area is 118 Å². The maximum absolute atomic E-state index is 11.8. The Morgan fingerprint density at radius 3 is 2.61 bits per heavy atom. The van der Waals surface area contributed by atoms with Crippen LogP contribution in [0, 0.1) is 0 Å². The summed E-state index contributed by atoms with van der Waals surface area (Å²) in [6, 6.07) is 2.82. The van der Waals surface area contributed by atoms with E-state index in [1.165, 1.54) is 11.3 Å². The van der Waals surface area contributed by atoms with E-state index in [0.29, 0.717) is 4.88 Å². The molecule has 7 heteroatoms. The Morgan fingerprint density at radius 1 is 1.44 bits per heavy atom. The number of hydrogen-bond donors (Lipinski definition) is 3. The molecule has 3 N–H and O–H groups in total. The van der Waals surface area contributed by atoms with Crippen LogP contribution in [0.15, 0.2) is 15.9 Å². The van der Waals surface area contributed by atoms with Crippen LogP contribution < -0.4 is 10.6 Å². The zero-order chi connectivity index (χ0) is 13.7. The third-order valence-electron chi connectivity index (χ3n) is 2.11. The Morgan fingerprint density at radius 2 is 2.11 bits per heavy atom. The summed E-state index contributed by atoms with van der Waals surface area (Å²) in [5.41, 5.74) is 0. The van der Waals surface area contributed by atoms with Crippen LogP contribution in [0.1, 0.15) is 23.5 Å². The van der Waals surface area contributed by atoms with Crippen LogP contribution in [-0.2, 0) is 4.79 Å². The van der Waals surface area contributed by atoms with Crippen molar-refractivity contribution >= 4 is 39.1 Å². The average molecular weight is 335 g/mol. The van der Waals surface area contributed by atoms with Gasteiger partial charge in [-0.05, 0) is 41.9 Å². The van der Waals surface area contributed by atoms with Crippen LogP contribution in [0.2, 0.25) is 0 Å². The van der Waals surface area contributed by atoms with E-state index in [2.05, 4.69) is 26.6 Å². The SMILES string of the molecule is C[C@H](NC(=O)c1ccc(Br)s1)C(=O)NC[C@@H](C)O. The topological polar surface area (TPSA) is 78.4 Å². The predicted molar refractivity (Wildman–Crippen MR) is 73.6 cm³/mol. The molecule has 0 fully saturated rings. The lowest BCUT2D eigenvalue weighted by atomic mass is 10.3. The van der Waals surface area contributed by atoms with Crippen LogP contribution >= 0.6 is 27.3 Å². The normalized spacial score (nSPS) is 13.8. The van der Waals surface area contributed by atoms with E-state index in [4.69, 9.17) is 5.11 Å². The smallest absolute Gasteiger partial charge is 0.262 e. The fraction of sp³-hybridized carbons (Fsp3) is 0.455. The first kappa shape index (κ1) is 15.1. The number of amides is 2. The van der Waals surface area contributed by atoms with Crippen LogP contribution in [0.3, 0.4) is 0 Å². The van der Waals surface area contributed by atoms with E-state index in [1.807, 2.05) is 0 Å². The van der Waals surface area contributed by atoms with Gasteiger partial charge in [-0.2, -0.15) is 0 Å². The minimum absolute atomic E-state index is 0.170. The molecule has 1 rings (SSSR count). The highest BCUT2D eigenvalue weighted by atomic mass is 79.9. The molecule has 0 spiro atoms. The van der Waals surface area contributed by atoms with Gasteiger partial charge in [0.2, 0.25) is 5.91 Å². The minimum atomic E-state index is -0.642. The first-order valence-corrected chi connectivity index (χ1v) is 7.03. The van der Waals surface area contributed by atoms with E-state index in [0.717, 1.165) is 3.79 Å². The molecule has 0 aliphatic carbocycles. The van der Waals surface area contributed by atoms with Crippen LogP contribution in [0.25, 0.3) is 0 Å². The lowest BCUT2D eigenvalue weighted by Crippen LogP contribution is -2.46. The first-order valence-electron chi connectivity index (χ1n) is 5.42. The molecule has 0 saturated carbocycles. The molecular formula is C11H15BrN2O3S. The Bertz CT molecular complexity index is 434. The maximum Gasteiger partial charge on any atom is 0.262 e. The molecule has 0 saturated heterocycles. The molecule has 0 aliphatic rings. The lowest BCUT2D eigenvalue weighted by Gasteiger charge is -2.14. The van der Waals surface area contributed by atoms with Gasteiger partial charge in [0.15, 0.2) is 0 Å². The molecule has 2 amide bonds. The van der Waals surface area contributed by atoms with Gasteiger partial charge in [-0.25, -0.2) is 0 Å². The third kappa shape index (κ3) is 4.75. The number of halogens is 1. The molecule has 18 heavy (non-hydrogen) atoms. The van der Waals surface area contributed by atoms with Crippen molar-refractivity contribution in [2.45, 2.75) is 26.0 Å². The molecule has 100 valence electrons. The number of carbonyl (C=O) groups is 2. The molecule has 0 unspecified atom stereocenters. The van der Waals surface area contributed by atoms with Crippen LogP contribution in [-0.4, -0.2) is 35.6 Å².